The highest BCUT2D eigenvalue weighted by Crippen LogP contribution is 2.28. The second-order valence-electron chi connectivity index (χ2n) is 6.22. The van der Waals surface area contributed by atoms with E-state index in [0.717, 1.165) is 26.1 Å². The molecule has 2 aliphatic rings. The van der Waals surface area contributed by atoms with Crippen molar-refractivity contribution in [1.29, 1.82) is 0 Å². The van der Waals surface area contributed by atoms with Gasteiger partial charge in [0.1, 0.15) is 5.54 Å². The first-order chi connectivity index (χ1) is 9.57. The lowest BCUT2D eigenvalue weighted by atomic mass is 9.89. The molecule has 2 fully saturated rings. The van der Waals surface area contributed by atoms with Crippen molar-refractivity contribution < 1.29 is 14.6 Å². The third kappa shape index (κ3) is 3.51. The fourth-order valence-corrected chi connectivity index (χ4v) is 3.49. The Morgan fingerprint density at radius 3 is 2.90 bits per heavy atom. The molecule has 5 heteroatoms. The minimum absolute atomic E-state index is 0.394. The SMILES string of the molecule is CCC(N)(CCCN1CCOC2CCCCC21)C(=O)O. The number of hydrogen-bond acceptors (Lipinski definition) is 4. The molecule has 1 heterocycles. The van der Waals surface area contributed by atoms with Crippen LogP contribution in [0.5, 0.6) is 0 Å². The van der Waals surface area contributed by atoms with Gasteiger partial charge in [0, 0.05) is 12.6 Å². The van der Waals surface area contributed by atoms with E-state index < -0.39 is 11.5 Å². The predicted octanol–water partition coefficient (Wildman–Crippen LogP) is 1.60. The molecule has 0 aromatic carbocycles. The van der Waals surface area contributed by atoms with Gasteiger partial charge < -0.3 is 15.6 Å². The lowest BCUT2D eigenvalue weighted by Gasteiger charge is -2.44. The molecular formula is C15H28N2O3. The van der Waals surface area contributed by atoms with Gasteiger partial charge in [0.05, 0.1) is 12.7 Å². The van der Waals surface area contributed by atoms with Gasteiger partial charge in [0.15, 0.2) is 0 Å². The van der Waals surface area contributed by atoms with Crippen LogP contribution in [0.4, 0.5) is 0 Å². The summed E-state index contributed by atoms with van der Waals surface area (Å²) in [4.78, 5) is 13.7. The Morgan fingerprint density at radius 2 is 2.20 bits per heavy atom. The highest BCUT2D eigenvalue weighted by molar-refractivity contribution is 5.78. The summed E-state index contributed by atoms with van der Waals surface area (Å²) in [6, 6.07) is 0.538. The van der Waals surface area contributed by atoms with Crippen LogP contribution < -0.4 is 5.73 Å². The standard InChI is InChI=1S/C15H28N2O3/c1-2-15(16,14(18)19)8-5-9-17-10-11-20-13-7-4-3-6-12(13)17/h12-13H,2-11,16H2,1H3,(H,18,19). The van der Waals surface area contributed by atoms with E-state index in [1.165, 1.54) is 25.7 Å². The van der Waals surface area contributed by atoms with Gasteiger partial charge in [0.25, 0.3) is 0 Å². The smallest absolute Gasteiger partial charge is 0.323 e. The molecule has 3 unspecified atom stereocenters. The summed E-state index contributed by atoms with van der Waals surface area (Å²) in [6.45, 7) is 4.57. The summed E-state index contributed by atoms with van der Waals surface area (Å²) in [7, 11) is 0. The van der Waals surface area contributed by atoms with E-state index in [2.05, 4.69) is 4.90 Å². The Kier molecular flexibility index (Phi) is 5.41. The summed E-state index contributed by atoms with van der Waals surface area (Å²) >= 11 is 0. The lowest BCUT2D eigenvalue weighted by molar-refractivity contribution is -0.144. The van der Waals surface area contributed by atoms with E-state index in [4.69, 9.17) is 10.5 Å². The number of carboxylic acids is 1. The Morgan fingerprint density at radius 1 is 1.45 bits per heavy atom. The average Bonchev–Trinajstić information content (AvgIpc) is 2.47. The van der Waals surface area contributed by atoms with E-state index in [0.29, 0.717) is 25.0 Å². The third-order valence-electron chi connectivity index (χ3n) is 4.97. The normalized spacial score (nSPS) is 30.5. The first kappa shape index (κ1) is 15.7. The molecule has 0 aromatic heterocycles. The van der Waals surface area contributed by atoms with Crippen LogP contribution in [0, 0.1) is 0 Å². The zero-order valence-electron chi connectivity index (χ0n) is 12.5. The van der Waals surface area contributed by atoms with Crippen LogP contribution in [0.15, 0.2) is 0 Å². The van der Waals surface area contributed by atoms with Gasteiger partial charge in [-0.1, -0.05) is 19.8 Å². The topological polar surface area (TPSA) is 75.8 Å². The Balaban J connectivity index is 1.82. The molecular weight excluding hydrogens is 256 g/mol. The number of hydrogen-bond donors (Lipinski definition) is 2. The quantitative estimate of drug-likeness (QED) is 0.775. The molecule has 1 aliphatic heterocycles. The summed E-state index contributed by atoms with van der Waals surface area (Å²) in [5.74, 6) is -0.877. The zero-order valence-corrected chi connectivity index (χ0v) is 12.5. The van der Waals surface area contributed by atoms with Crippen molar-refractivity contribution in [3.63, 3.8) is 0 Å². The number of nitrogens with zero attached hydrogens (tertiary/aromatic N) is 1. The molecule has 0 radical (unpaired) electrons. The molecule has 2 rings (SSSR count). The maximum Gasteiger partial charge on any atom is 0.323 e. The maximum absolute atomic E-state index is 11.2. The number of fused-ring (bicyclic) bond motifs is 1. The number of carboxylic acid groups (broad SMARTS) is 1. The molecule has 0 amide bonds. The molecule has 1 aliphatic carbocycles. The molecule has 5 nitrogen and oxygen atoms in total. The number of ether oxygens (including phenoxy) is 1. The van der Waals surface area contributed by atoms with E-state index >= 15 is 0 Å². The molecule has 3 N–H and O–H groups in total. The van der Waals surface area contributed by atoms with Gasteiger partial charge >= 0.3 is 5.97 Å². The number of morpholine rings is 1. The van der Waals surface area contributed by atoms with Gasteiger partial charge in [-0.3, -0.25) is 9.69 Å². The highest BCUT2D eigenvalue weighted by Gasteiger charge is 2.35. The molecule has 0 spiro atoms. The van der Waals surface area contributed by atoms with Crippen molar-refractivity contribution in [3.8, 4) is 0 Å². The van der Waals surface area contributed by atoms with Crippen LogP contribution in [0.2, 0.25) is 0 Å². The van der Waals surface area contributed by atoms with E-state index in [1.807, 2.05) is 6.92 Å². The second-order valence-corrected chi connectivity index (χ2v) is 6.22. The van der Waals surface area contributed by atoms with Crippen molar-refractivity contribution >= 4 is 5.97 Å². The third-order valence-corrected chi connectivity index (χ3v) is 4.97. The van der Waals surface area contributed by atoms with Gasteiger partial charge in [-0.15, -0.1) is 0 Å². The number of aliphatic carboxylic acids is 1. The minimum atomic E-state index is -1.06. The van der Waals surface area contributed by atoms with Crippen LogP contribution in [0.25, 0.3) is 0 Å². The monoisotopic (exact) mass is 284 g/mol. The fraction of sp³-hybridized carbons (Fsp3) is 0.933. The molecule has 116 valence electrons. The van der Waals surface area contributed by atoms with Crippen LogP contribution >= 0.6 is 0 Å². The van der Waals surface area contributed by atoms with Crippen LogP contribution in [-0.2, 0) is 9.53 Å². The molecule has 1 saturated carbocycles. The predicted molar refractivity (Wildman–Crippen MR) is 77.6 cm³/mol. The number of nitrogens with two attached hydrogens (primary N) is 1. The van der Waals surface area contributed by atoms with Gasteiger partial charge in [0.2, 0.25) is 0 Å². The van der Waals surface area contributed by atoms with E-state index in [9.17, 15) is 9.90 Å². The Hall–Kier alpha value is -0.650. The molecule has 0 bridgehead atoms. The molecule has 3 atom stereocenters. The lowest BCUT2D eigenvalue weighted by Crippen LogP contribution is -2.53. The summed E-state index contributed by atoms with van der Waals surface area (Å²) in [5, 5.41) is 9.20. The van der Waals surface area contributed by atoms with Gasteiger partial charge in [-0.2, -0.15) is 0 Å². The second kappa shape index (κ2) is 6.87. The molecule has 20 heavy (non-hydrogen) atoms. The Labute approximate surface area is 121 Å². The van der Waals surface area contributed by atoms with E-state index in [-0.39, 0.29) is 0 Å². The van der Waals surface area contributed by atoms with Gasteiger partial charge in [-0.25, -0.2) is 0 Å². The summed E-state index contributed by atoms with van der Waals surface area (Å²) < 4.78 is 5.86. The Bertz CT molecular complexity index is 335. The molecule has 0 aromatic rings. The fourth-order valence-electron chi connectivity index (χ4n) is 3.49. The van der Waals surface area contributed by atoms with Crippen molar-refractivity contribution in [2.24, 2.45) is 5.73 Å². The zero-order chi connectivity index (χ0) is 14.6. The van der Waals surface area contributed by atoms with E-state index in [1.54, 1.807) is 0 Å². The number of rotatable bonds is 6. The summed E-state index contributed by atoms with van der Waals surface area (Å²) in [5.41, 5.74) is 4.89. The van der Waals surface area contributed by atoms with Crippen LogP contribution in [-0.4, -0.2) is 53.4 Å². The van der Waals surface area contributed by atoms with Crippen LogP contribution in [0.3, 0.4) is 0 Å². The molecule has 1 saturated heterocycles. The first-order valence-electron chi connectivity index (χ1n) is 7.95. The summed E-state index contributed by atoms with van der Waals surface area (Å²) in [6.07, 6.45) is 7.22. The van der Waals surface area contributed by atoms with Crippen LogP contribution in [0.1, 0.15) is 51.9 Å². The largest absolute Gasteiger partial charge is 0.480 e. The van der Waals surface area contributed by atoms with Crippen molar-refractivity contribution in [3.05, 3.63) is 0 Å². The van der Waals surface area contributed by atoms with Crippen molar-refractivity contribution in [1.82, 2.24) is 4.90 Å². The van der Waals surface area contributed by atoms with Crippen molar-refractivity contribution in [2.45, 2.75) is 69.6 Å². The number of carbonyl (C=O) groups is 1. The first-order valence-corrected chi connectivity index (χ1v) is 7.95. The average molecular weight is 284 g/mol. The maximum atomic E-state index is 11.2. The minimum Gasteiger partial charge on any atom is -0.480 e. The van der Waals surface area contributed by atoms with Crippen molar-refractivity contribution in [2.75, 3.05) is 19.7 Å². The highest BCUT2D eigenvalue weighted by atomic mass is 16.5. The van der Waals surface area contributed by atoms with Gasteiger partial charge in [-0.05, 0) is 38.6 Å².